The van der Waals surface area contributed by atoms with Crippen molar-refractivity contribution in [2.45, 2.75) is 19.8 Å². The molecule has 16 heavy (non-hydrogen) atoms. The van der Waals surface area contributed by atoms with Crippen molar-refractivity contribution in [1.82, 2.24) is 9.38 Å². The van der Waals surface area contributed by atoms with Gasteiger partial charge in [-0.05, 0) is 18.6 Å². The van der Waals surface area contributed by atoms with E-state index in [1.807, 2.05) is 25.3 Å². The van der Waals surface area contributed by atoms with Crippen LogP contribution in [0, 0.1) is 6.92 Å². The maximum Gasteiger partial charge on any atom is 0.303 e. The highest BCUT2D eigenvalue weighted by atomic mass is 35.5. The van der Waals surface area contributed by atoms with Crippen LogP contribution >= 0.6 is 11.6 Å². The number of nitrogens with zero attached hydrogens (tertiary/aromatic N) is 2. The molecule has 0 radical (unpaired) electrons. The molecule has 2 heterocycles. The first-order valence-corrected chi connectivity index (χ1v) is 5.30. The summed E-state index contributed by atoms with van der Waals surface area (Å²) in [4.78, 5) is 14.8. The Morgan fingerprint density at radius 1 is 1.56 bits per heavy atom. The molecule has 0 aliphatic rings. The Balaban J connectivity index is 2.40. The zero-order chi connectivity index (χ0) is 11.7. The van der Waals surface area contributed by atoms with E-state index in [0.29, 0.717) is 17.3 Å². The quantitative estimate of drug-likeness (QED) is 0.893. The summed E-state index contributed by atoms with van der Waals surface area (Å²) in [6, 6.07) is 3.81. The molecule has 0 saturated heterocycles. The van der Waals surface area contributed by atoms with Gasteiger partial charge in [0.25, 0.3) is 0 Å². The van der Waals surface area contributed by atoms with Crippen LogP contribution in [0.1, 0.15) is 17.7 Å². The van der Waals surface area contributed by atoms with Crippen LogP contribution in [-0.4, -0.2) is 20.5 Å². The SMILES string of the molecule is Cc1ccc2nc(CCC(=O)O)c(Cl)n2c1. The van der Waals surface area contributed by atoms with Crippen molar-refractivity contribution in [3.05, 3.63) is 34.7 Å². The lowest BCUT2D eigenvalue weighted by Crippen LogP contribution is -1.98. The fourth-order valence-corrected chi connectivity index (χ4v) is 1.83. The monoisotopic (exact) mass is 238 g/mol. The molecular weight excluding hydrogens is 228 g/mol. The lowest BCUT2D eigenvalue weighted by molar-refractivity contribution is -0.136. The molecule has 0 fully saturated rings. The van der Waals surface area contributed by atoms with Crippen molar-refractivity contribution >= 4 is 23.2 Å². The molecule has 2 aromatic rings. The smallest absolute Gasteiger partial charge is 0.303 e. The van der Waals surface area contributed by atoms with E-state index in [-0.39, 0.29) is 6.42 Å². The normalized spacial score (nSPS) is 10.9. The van der Waals surface area contributed by atoms with Gasteiger partial charge in [-0.3, -0.25) is 9.20 Å². The highest BCUT2D eigenvalue weighted by Crippen LogP contribution is 2.20. The maximum atomic E-state index is 10.5. The van der Waals surface area contributed by atoms with E-state index in [2.05, 4.69) is 4.98 Å². The molecule has 0 unspecified atom stereocenters. The Bertz CT molecular complexity index is 548. The number of pyridine rings is 1. The van der Waals surface area contributed by atoms with Crippen LogP contribution in [0.3, 0.4) is 0 Å². The number of aromatic nitrogens is 2. The number of hydrogen-bond donors (Lipinski definition) is 1. The average molecular weight is 239 g/mol. The maximum absolute atomic E-state index is 10.5. The van der Waals surface area contributed by atoms with Crippen LogP contribution in [0.15, 0.2) is 18.3 Å². The number of carboxylic acid groups (broad SMARTS) is 1. The van der Waals surface area contributed by atoms with Gasteiger partial charge in [0.15, 0.2) is 0 Å². The van der Waals surface area contributed by atoms with E-state index in [1.165, 1.54) is 0 Å². The van der Waals surface area contributed by atoms with Gasteiger partial charge >= 0.3 is 5.97 Å². The van der Waals surface area contributed by atoms with E-state index >= 15 is 0 Å². The second-order valence-corrected chi connectivity index (χ2v) is 4.04. The van der Waals surface area contributed by atoms with Gasteiger partial charge in [0.05, 0.1) is 12.1 Å². The highest BCUT2D eigenvalue weighted by Gasteiger charge is 2.11. The first-order chi connectivity index (χ1) is 7.58. The fraction of sp³-hybridized carbons (Fsp3) is 0.273. The summed E-state index contributed by atoms with van der Waals surface area (Å²) in [5, 5.41) is 9.11. The highest BCUT2D eigenvalue weighted by molar-refractivity contribution is 6.30. The molecule has 0 aliphatic heterocycles. The number of carbonyl (C=O) groups is 1. The van der Waals surface area contributed by atoms with E-state index < -0.39 is 5.97 Å². The van der Waals surface area contributed by atoms with Crippen molar-refractivity contribution < 1.29 is 9.90 Å². The minimum Gasteiger partial charge on any atom is -0.481 e. The Morgan fingerprint density at radius 3 is 3.00 bits per heavy atom. The topological polar surface area (TPSA) is 54.6 Å². The molecule has 5 heteroatoms. The lowest BCUT2D eigenvalue weighted by atomic mass is 10.2. The van der Waals surface area contributed by atoms with Gasteiger partial charge in [0, 0.05) is 12.6 Å². The summed E-state index contributed by atoms with van der Waals surface area (Å²) in [5.41, 5.74) is 2.46. The minimum atomic E-state index is -0.843. The molecule has 0 bridgehead atoms. The molecule has 1 N–H and O–H groups in total. The third-order valence-corrected chi connectivity index (χ3v) is 2.75. The summed E-state index contributed by atoms with van der Waals surface area (Å²) in [5.74, 6) is -0.843. The lowest BCUT2D eigenvalue weighted by Gasteiger charge is -1.96. The molecule has 0 atom stereocenters. The van der Waals surface area contributed by atoms with Crippen molar-refractivity contribution in [1.29, 1.82) is 0 Å². The van der Waals surface area contributed by atoms with E-state index in [1.54, 1.807) is 4.40 Å². The third kappa shape index (κ3) is 2.02. The molecule has 0 spiro atoms. The Morgan fingerprint density at radius 2 is 2.31 bits per heavy atom. The zero-order valence-electron chi connectivity index (χ0n) is 8.77. The van der Waals surface area contributed by atoms with Crippen molar-refractivity contribution in [2.24, 2.45) is 0 Å². The second kappa shape index (κ2) is 4.14. The summed E-state index contributed by atoms with van der Waals surface area (Å²) in [6.45, 7) is 1.96. The molecule has 0 aromatic carbocycles. The number of imidazole rings is 1. The van der Waals surface area contributed by atoms with Crippen LogP contribution in [-0.2, 0) is 11.2 Å². The molecule has 0 amide bonds. The molecule has 0 aliphatic carbocycles. The first kappa shape index (κ1) is 11.0. The van der Waals surface area contributed by atoms with E-state index in [0.717, 1.165) is 11.2 Å². The molecule has 2 aromatic heterocycles. The van der Waals surface area contributed by atoms with Crippen LogP contribution in [0.4, 0.5) is 0 Å². The Labute approximate surface area is 97.5 Å². The standard InChI is InChI=1S/C11H11ClN2O2/c1-7-2-4-9-13-8(3-5-10(15)16)11(12)14(9)6-7/h2,4,6H,3,5H2,1H3,(H,15,16). The number of halogens is 1. The molecular formula is C11H11ClN2O2. The molecule has 4 nitrogen and oxygen atoms in total. The number of carboxylic acids is 1. The average Bonchev–Trinajstić information content (AvgIpc) is 2.53. The third-order valence-electron chi connectivity index (χ3n) is 2.35. The summed E-state index contributed by atoms with van der Waals surface area (Å²) in [6.07, 6.45) is 2.28. The van der Waals surface area contributed by atoms with Crippen LogP contribution in [0.2, 0.25) is 5.15 Å². The Kier molecular flexibility index (Phi) is 2.83. The second-order valence-electron chi connectivity index (χ2n) is 3.68. The van der Waals surface area contributed by atoms with E-state index in [4.69, 9.17) is 16.7 Å². The van der Waals surface area contributed by atoms with Gasteiger partial charge in [-0.1, -0.05) is 17.7 Å². The summed E-state index contributed by atoms with van der Waals surface area (Å²) in [7, 11) is 0. The van der Waals surface area contributed by atoms with Gasteiger partial charge in [-0.15, -0.1) is 0 Å². The number of aliphatic carboxylic acids is 1. The minimum absolute atomic E-state index is 0.0442. The molecule has 84 valence electrons. The van der Waals surface area contributed by atoms with Gasteiger partial charge in [-0.25, -0.2) is 4.98 Å². The summed E-state index contributed by atoms with van der Waals surface area (Å²) >= 11 is 6.12. The number of aryl methyl sites for hydroxylation is 2. The molecule has 0 saturated carbocycles. The molecule has 2 rings (SSSR count). The van der Waals surface area contributed by atoms with Crippen molar-refractivity contribution in [3.8, 4) is 0 Å². The van der Waals surface area contributed by atoms with Gasteiger partial charge in [-0.2, -0.15) is 0 Å². The van der Waals surface area contributed by atoms with Crippen LogP contribution in [0.5, 0.6) is 0 Å². The van der Waals surface area contributed by atoms with Crippen molar-refractivity contribution in [2.75, 3.05) is 0 Å². The Hall–Kier alpha value is -1.55. The van der Waals surface area contributed by atoms with E-state index in [9.17, 15) is 4.79 Å². The number of hydrogen-bond acceptors (Lipinski definition) is 2. The van der Waals surface area contributed by atoms with Gasteiger partial charge in [0.1, 0.15) is 10.8 Å². The number of rotatable bonds is 3. The van der Waals surface area contributed by atoms with Gasteiger partial charge in [0.2, 0.25) is 0 Å². The first-order valence-electron chi connectivity index (χ1n) is 4.93. The largest absolute Gasteiger partial charge is 0.481 e. The number of fused-ring (bicyclic) bond motifs is 1. The van der Waals surface area contributed by atoms with Crippen LogP contribution in [0.25, 0.3) is 5.65 Å². The zero-order valence-corrected chi connectivity index (χ0v) is 9.53. The predicted octanol–water partition coefficient (Wildman–Crippen LogP) is 2.31. The van der Waals surface area contributed by atoms with Gasteiger partial charge < -0.3 is 5.11 Å². The van der Waals surface area contributed by atoms with Crippen molar-refractivity contribution in [3.63, 3.8) is 0 Å². The van der Waals surface area contributed by atoms with Crippen LogP contribution < -0.4 is 0 Å². The predicted molar refractivity (Wildman–Crippen MR) is 60.9 cm³/mol. The summed E-state index contributed by atoms with van der Waals surface area (Å²) < 4.78 is 1.77. The fourth-order valence-electron chi connectivity index (χ4n) is 1.56.